The summed E-state index contributed by atoms with van der Waals surface area (Å²) in [7, 11) is 1.83. The lowest BCUT2D eigenvalue weighted by Gasteiger charge is -2.35. The van der Waals surface area contributed by atoms with E-state index in [4.69, 9.17) is 11.6 Å². The summed E-state index contributed by atoms with van der Waals surface area (Å²) in [5, 5.41) is 4.03. The molecule has 1 heterocycles. The first-order valence-corrected chi connectivity index (χ1v) is 9.34. The molecule has 0 aliphatic carbocycles. The summed E-state index contributed by atoms with van der Waals surface area (Å²) in [6.45, 7) is 2.96. The molecule has 1 aliphatic heterocycles. The van der Waals surface area contributed by atoms with Gasteiger partial charge in [0.15, 0.2) is 0 Å². The standard InChI is InChI=1S/C21H24ClFN2O.ClH/c1-14-13-17(11-12-24-14)21(26)25(2)20(15-3-7-18(22)8-4-15)16-5-9-19(23)10-6-16;/h3-10,14,17,20,24H,11-13H2,1-2H3;1H/t14-,17-,20?;/m0./s1. The first kappa shape index (κ1) is 21.7. The van der Waals surface area contributed by atoms with Gasteiger partial charge in [0.05, 0.1) is 6.04 Å². The molecule has 0 radical (unpaired) electrons. The number of carbonyl (C=O) groups excluding carboxylic acids is 1. The Bertz CT molecular complexity index is 706. The van der Waals surface area contributed by atoms with Gasteiger partial charge >= 0.3 is 0 Å². The van der Waals surface area contributed by atoms with Crippen LogP contribution in [-0.2, 0) is 4.79 Å². The van der Waals surface area contributed by atoms with Gasteiger partial charge in [0.1, 0.15) is 5.82 Å². The van der Waals surface area contributed by atoms with E-state index < -0.39 is 0 Å². The number of carbonyl (C=O) groups is 1. The zero-order valence-corrected chi connectivity index (χ0v) is 17.1. The normalized spacial score (nSPS) is 20.4. The molecular formula is C21H25Cl2FN2O. The fraction of sp³-hybridized carbons (Fsp3) is 0.381. The first-order chi connectivity index (χ1) is 12.5. The van der Waals surface area contributed by atoms with Crippen molar-refractivity contribution in [1.29, 1.82) is 0 Å². The lowest BCUT2D eigenvalue weighted by molar-refractivity contribution is -0.136. The second-order valence-electron chi connectivity index (χ2n) is 7.03. The summed E-state index contributed by atoms with van der Waals surface area (Å²) >= 11 is 6.03. The molecule has 1 aliphatic rings. The third-order valence-electron chi connectivity index (χ3n) is 5.08. The predicted octanol–water partition coefficient (Wildman–Crippen LogP) is 4.84. The van der Waals surface area contributed by atoms with Crippen LogP contribution in [0.25, 0.3) is 0 Å². The van der Waals surface area contributed by atoms with E-state index in [-0.39, 0.29) is 36.1 Å². The highest BCUT2D eigenvalue weighted by atomic mass is 35.5. The van der Waals surface area contributed by atoms with E-state index in [9.17, 15) is 9.18 Å². The van der Waals surface area contributed by atoms with Crippen LogP contribution in [-0.4, -0.2) is 30.4 Å². The molecule has 2 aromatic rings. The Morgan fingerprint density at radius 2 is 1.70 bits per heavy atom. The van der Waals surface area contributed by atoms with E-state index in [1.807, 2.05) is 31.3 Å². The van der Waals surface area contributed by atoms with Gasteiger partial charge in [0, 0.05) is 24.0 Å². The maximum Gasteiger partial charge on any atom is 0.226 e. The molecule has 3 rings (SSSR count). The predicted molar refractivity (Wildman–Crippen MR) is 110 cm³/mol. The molecule has 27 heavy (non-hydrogen) atoms. The van der Waals surface area contributed by atoms with Crippen molar-refractivity contribution in [3.05, 3.63) is 70.5 Å². The number of hydrogen-bond acceptors (Lipinski definition) is 2. The Labute approximate surface area is 171 Å². The van der Waals surface area contributed by atoms with Crippen LogP contribution in [0.5, 0.6) is 0 Å². The highest BCUT2D eigenvalue weighted by Gasteiger charge is 2.31. The molecule has 0 bridgehead atoms. The molecule has 0 spiro atoms. The minimum atomic E-state index is -0.287. The molecule has 6 heteroatoms. The van der Waals surface area contributed by atoms with E-state index in [0.29, 0.717) is 11.1 Å². The van der Waals surface area contributed by atoms with Crippen LogP contribution in [0.1, 0.15) is 36.9 Å². The SMILES string of the molecule is C[C@H]1C[C@@H](C(=O)N(C)C(c2ccc(F)cc2)c2ccc(Cl)cc2)CCN1.Cl. The average molecular weight is 411 g/mol. The Balaban J connectivity index is 0.00000261. The van der Waals surface area contributed by atoms with Gasteiger partial charge in [-0.25, -0.2) is 4.39 Å². The molecule has 1 unspecified atom stereocenters. The van der Waals surface area contributed by atoms with Crippen molar-refractivity contribution in [2.75, 3.05) is 13.6 Å². The maximum atomic E-state index is 13.4. The van der Waals surface area contributed by atoms with Crippen molar-refractivity contribution in [3.8, 4) is 0 Å². The summed E-state index contributed by atoms with van der Waals surface area (Å²) in [4.78, 5) is 15.0. The third kappa shape index (κ3) is 5.22. The van der Waals surface area contributed by atoms with Gasteiger partial charge in [-0.2, -0.15) is 0 Å². The van der Waals surface area contributed by atoms with Crippen molar-refractivity contribution in [2.45, 2.75) is 31.8 Å². The van der Waals surface area contributed by atoms with Crippen LogP contribution in [0.4, 0.5) is 4.39 Å². The van der Waals surface area contributed by atoms with E-state index in [2.05, 4.69) is 12.2 Å². The van der Waals surface area contributed by atoms with Gasteiger partial charge in [-0.1, -0.05) is 35.9 Å². The van der Waals surface area contributed by atoms with E-state index in [1.54, 1.807) is 17.0 Å². The number of amides is 1. The number of halogens is 3. The molecule has 1 saturated heterocycles. The Kier molecular flexibility index (Phi) is 7.66. The summed E-state index contributed by atoms with van der Waals surface area (Å²) in [5.41, 5.74) is 1.84. The van der Waals surface area contributed by atoms with Gasteiger partial charge in [-0.15, -0.1) is 12.4 Å². The summed E-state index contributed by atoms with van der Waals surface area (Å²) in [5.74, 6) is -0.154. The second kappa shape index (κ2) is 9.54. The number of rotatable bonds is 4. The van der Waals surface area contributed by atoms with Gasteiger partial charge in [-0.3, -0.25) is 4.79 Å². The van der Waals surface area contributed by atoms with Crippen molar-refractivity contribution >= 4 is 29.9 Å². The molecule has 3 atom stereocenters. The van der Waals surface area contributed by atoms with Crippen molar-refractivity contribution in [3.63, 3.8) is 0 Å². The highest BCUT2D eigenvalue weighted by Crippen LogP contribution is 2.31. The first-order valence-electron chi connectivity index (χ1n) is 8.96. The molecule has 0 saturated carbocycles. The Morgan fingerprint density at radius 1 is 1.15 bits per heavy atom. The monoisotopic (exact) mass is 410 g/mol. The van der Waals surface area contributed by atoms with Crippen molar-refractivity contribution < 1.29 is 9.18 Å². The van der Waals surface area contributed by atoms with Crippen LogP contribution < -0.4 is 5.32 Å². The van der Waals surface area contributed by atoms with Crippen LogP contribution in [0.3, 0.4) is 0 Å². The largest absolute Gasteiger partial charge is 0.334 e. The van der Waals surface area contributed by atoms with E-state index >= 15 is 0 Å². The number of hydrogen-bond donors (Lipinski definition) is 1. The van der Waals surface area contributed by atoms with Gasteiger partial charge < -0.3 is 10.2 Å². The fourth-order valence-corrected chi connectivity index (χ4v) is 3.83. The second-order valence-corrected chi connectivity index (χ2v) is 7.47. The molecule has 1 fully saturated rings. The lowest BCUT2D eigenvalue weighted by Crippen LogP contribution is -2.44. The van der Waals surface area contributed by atoms with Crippen molar-refractivity contribution in [2.24, 2.45) is 5.92 Å². The number of nitrogens with zero attached hydrogens (tertiary/aromatic N) is 1. The van der Waals surface area contributed by atoms with Gasteiger partial charge in [0.25, 0.3) is 0 Å². The number of nitrogens with one attached hydrogen (secondary N) is 1. The molecule has 146 valence electrons. The maximum absolute atomic E-state index is 13.4. The van der Waals surface area contributed by atoms with Crippen LogP contribution >= 0.6 is 24.0 Å². The summed E-state index contributed by atoms with van der Waals surface area (Å²) in [6.07, 6.45) is 1.67. The third-order valence-corrected chi connectivity index (χ3v) is 5.33. The molecule has 1 N–H and O–H groups in total. The minimum Gasteiger partial charge on any atom is -0.334 e. The van der Waals surface area contributed by atoms with Crippen LogP contribution in [0, 0.1) is 11.7 Å². The van der Waals surface area contributed by atoms with E-state index in [0.717, 1.165) is 30.5 Å². The topological polar surface area (TPSA) is 32.3 Å². The zero-order chi connectivity index (χ0) is 18.7. The molecule has 2 aromatic carbocycles. The minimum absolute atomic E-state index is 0. The van der Waals surface area contributed by atoms with Crippen molar-refractivity contribution in [1.82, 2.24) is 10.2 Å². The van der Waals surface area contributed by atoms with Gasteiger partial charge in [0.2, 0.25) is 5.91 Å². The lowest BCUT2D eigenvalue weighted by atomic mass is 9.90. The number of benzene rings is 2. The molecule has 1 amide bonds. The fourth-order valence-electron chi connectivity index (χ4n) is 3.70. The molecule has 3 nitrogen and oxygen atoms in total. The smallest absolute Gasteiger partial charge is 0.226 e. The van der Waals surface area contributed by atoms with E-state index in [1.165, 1.54) is 12.1 Å². The van der Waals surface area contributed by atoms with Crippen LogP contribution in [0.15, 0.2) is 48.5 Å². The zero-order valence-electron chi connectivity index (χ0n) is 15.5. The highest BCUT2D eigenvalue weighted by molar-refractivity contribution is 6.30. The Hall–Kier alpha value is -1.62. The number of piperidine rings is 1. The van der Waals surface area contributed by atoms with Crippen LogP contribution in [0.2, 0.25) is 5.02 Å². The Morgan fingerprint density at radius 3 is 2.26 bits per heavy atom. The summed E-state index contributed by atoms with van der Waals surface area (Å²) < 4.78 is 13.4. The van der Waals surface area contributed by atoms with Gasteiger partial charge in [-0.05, 0) is 61.7 Å². The average Bonchev–Trinajstić information content (AvgIpc) is 2.64. The quantitative estimate of drug-likeness (QED) is 0.781. The molecular weight excluding hydrogens is 386 g/mol. The summed E-state index contributed by atoms with van der Waals surface area (Å²) in [6, 6.07) is 13.9. The molecule has 0 aromatic heterocycles.